The van der Waals surface area contributed by atoms with Crippen molar-refractivity contribution in [3.8, 4) is 0 Å². The van der Waals surface area contributed by atoms with Gasteiger partial charge < -0.3 is 14.8 Å². The van der Waals surface area contributed by atoms with Gasteiger partial charge in [0, 0.05) is 12.4 Å². The Balaban J connectivity index is 2.96. The molecule has 0 spiro atoms. The predicted octanol–water partition coefficient (Wildman–Crippen LogP) is 2.38. The number of hydrogen-bond donors (Lipinski definition) is 1. The molecule has 21 heavy (non-hydrogen) atoms. The fourth-order valence-corrected chi connectivity index (χ4v) is 1.59. The van der Waals surface area contributed by atoms with Crippen molar-refractivity contribution in [1.82, 2.24) is 10.3 Å². The van der Waals surface area contributed by atoms with Gasteiger partial charge in [-0.05, 0) is 32.4 Å². The average Bonchev–Trinajstić information content (AvgIpc) is 2.42. The van der Waals surface area contributed by atoms with Gasteiger partial charge in [-0.2, -0.15) is 0 Å². The second-order valence-corrected chi connectivity index (χ2v) is 5.38. The van der Waals surface area contributed by atoms with E-state index in [0.29, 0.717) is 5.56 Å². The van der Waals surface area contributed by atoms with Crippen molar-refractivity contribution in [3.05, 3.63) is 42.2 Å². The number of rotatable bonds is 4. The van der Waals surface area contributed by atoms with Gasteiger partial charge in [-0.1, -0.05) is 12.6 Å². The minimum absolute atomic E-state index is 0.0939. The first-order valence-electron chi connectivity index (χ1n) is 6.41. The number of alkyl carbamates (subject to hydrolysis) is 1. The Morgan fingerprint density at radius 1 is 1.38 bits per heavy atom. The fourth-order valence-electron chi connectivity index (χ4n) is 1.59. The van der Waals surface area contributed by atoms with Crippen LogP contribution in [-0.2, 0) is 14.3 Å². The summed E-state index contributed by atoms with van der Waals surface area (Å²) in [5.41, 5.74) is 0.0611. The largest absolute Gasteiger partial charge is 0.466 e. The third kappa shape index (κ3) is 5.25. The molecule has 1 rings (SSSR count). The molecule has 1 atom stereocenters. The molecule has 1 unspecified atom stereocenters. The maximum Gasteiger partial charge on any atom is 0.408 e. The summed E-state index contributed by atoms with van der Waals surface area (Å²) < 4.78 is 9.84. The maximum atomic E-state index is 11.9. The normalized spacial score (nSPS) is 12.2. The number of methoxy groups -OCH3 is 1. The number of carbonyl (C=O) groups excluding carboxylic acids is 2. The van der Waals surface area contributed by atoms with Crippen LogP contribution in [-0.4, -0.2) is 29.8 Å². The first-order chi connectivity index (χ1) is 9.74. The third-order valence-corrected chi connectivity index (χ3v) is 2.47. The molecule has 0 bridgehead atoms. The van der Waals surface area contributed by atoms with E-state index >= 15 is 0 Å². The van der Waals surface area contributed by atoms with Gasteiger partial charge in [0.05, 0.1) is 18.7 Å². The number of nitrogens with one attached hydrogen (secondary N) is 1. The zero-order valence-electron chi connectivity index (χ0n) is 12.7. The Morgan fingerprint density at radius 3 is 2.52 bits per heavy atom. The van der Waals surface area contributed by atoms with Gasteiger partial charge in [-0.15, -0.1) is 0 Å². The van der Waals surface area contributed by atoms with Crippen LogP contribution in [0.15, 0.2) is 36.7 Å². The molecular weight excluding hydrogens is 272 g/mol. The van der Waals surface area contributed by atoms with Crippen LogP contribution in [0.1, 0.15) is 32.4 Å². The number of pyridine rings is 1. The average molecular weight is 292 g/mol. The molecule has 6 heteroatoms. The molecule has 114 valence electrons. The molecule has 0 aliphatic carbocycles. The van der Waals surface area contributed by atoms with E-state index < -0.39 is 23.7 Å². The lowest BCUT2D eigenvalue weighted by Gasteiger charge is -2.24. The van der Waals surface area contributed by atoms with Crippen LogP contribution in [0.25, 0.3) is 0 Å². The summed E-state index contributed by atoms with van der Waals surface area (Å²) in [6.45, 7) is 8.93. The molecule has 0 radical (unpaired) electrons. The zero-order valence-corrected chi connectivity index (χ0v) is 12.7. The second kappa shape index (κ2) is 6.88. The lowest BCUT2D eigenvalue weighted by Crippen LogP contribution is -2.36. The summed E-state index contributed by atoms with van der Waals surface area (Å²) in [5, 5.41) is 2.60. The summed E-state index contributed by atoms with van der Waals surface area (Å²) in [4.78, 5) is 27.5. The van der Waals surface area contributed by atoms with Gasteiger partial charge in [-0.25, -0.2) is 9.59 Å². The molecule has 0 fully saturated rings. The Kier molecular flexibility index (Phi) is 5.46. The number of aromatic nitrogens is 1. The molecule has 1 aromatic rings. The van der Waals surface area contributed by atoms with E-state index in [1.165, 1.54) is 13.3 Å². The number of nitrogens with zero attached hydrogens (tertiary/aromatic N) is 1. The fraction of sp³-hybridized carbons (Fsp3) is 0.400. The second-order valence-electron chi connectivity index (χ2n) is 5.38. The molecule has 1 aromatic heterocycles. The van der Waals surface area contributed by atoms with Crippen LogP contribution in [0.4, 0.5) is 4.79 Å². The predicted molar refractivity (Wildman–Crippen MR) is 77.5 cm³/mol. The summed E-state index contributed by atoms with van der Waals surface area (Å²) in [5.74, 6) is -0.611. The van der Waals surface area contributed by atoms with Crippen LogP contribution in [0.5, 0.6) is 0 Å². The molecule has 0 aliphatic heterocycles. The van der Waals surface area contributed by atoms with Crippen molar-refractivity contribution in [2.24, 2.45) is 0 Å². The smallest absolute Gasteiger partial charge is 0.408 e. The highest BCUT2D eigenvalue weighted by atomic mass is 16.6. The summed E-state index contributed by atoms with van der Waals surface area (Å²) in [7, 11) is 1.25. The Labute approximate surface area is 124 Å². The van der Waals surface area contributed by atoms with Crippen LogP contribution >= 0.6 is 0 Å². The lowest BCUT2D eigenvalue weighted by molar-refractivity contribution is -0.136. The molecule has 1 amide bonds. The van der Waals surface area contributed by atoms with E-state index in [1.807, 2.05) is 0 Å². The van der Waals surface area contributed by atoms with Crippen LogP contribution in [0, 0.1) is 0 Å². The number of esters is 1. The molecule has 0 saturated carbocycles. The number of hydrogen-bond acceptors (Lipinski definition) is 5. The molecule has 0 aromatic carbocycles. The number of ether oxygens (including phenoxy) is 2. The van der Waals surface area contributed by atoms with Crippen LogP contribution in [0.3, 0.4) is 0 Å². The van der Waals surface area contributed by atoms with Crippen LogP contribution < -0.4 is 5.32 Å². The summed E-state index contributed by atoms with van der Waals surface area (Å²) in [6.07, 6.45) is 2.48. The zero-order chi connectivity index (χ0) is 16.0. The monoisotopic (exact) mass is 292 g/mol. The number of carbonyl (C=O) groups is 2. The van der Waals surface area contributed by atoms with Crippen molar-refractivity contribution in [3.63, 3.8) is 0 Å². The van der Waals surface area contributed by atoms with Gasteiger partial charge in [0.15, 0.2) is 0 Å². The van der Waals surface area contributed by atoms with E-state index in [4.69, 9.17) is 4.74 Å². The standard InChI is InChI=1S/C15H20N2O4/c1-10(13(18)20-5)12(11-7-6-8-16-9-11)17-14(19)21-15(2,3)4/h6-9,12H,1H2,2-5H3,(H,17,19). The topological polar surface area (TPSA) is 77.5 Å². The van der Waals surface area contributed by atoms with Gasteiger partial charge in [0.1, 0.15) is 5.60 Å². The lowest BCUT2D eigenvalue weighted by atomic mass is 10.0. The van der Waals surface area contributed by atoms with E-state index in [2.05, 4.69) is 21.6 Å². The van der Waals surface area contributed by atoms with E-state index in [-0.39, 0.29) is 5.57 Å². The van der Waals surface area contributed by atoms with Crippen molar-refractivity contribution < 1.29 is 19.1 Å². The molecular formula is C15H20N2O4. The third-order valence-electron chi connectivity index (χ3n) is 2.47. The van der Waals surface area contributed by atoms with E-state index in [1.54, 1.807) is 39.1 Å². The minimum Gasteiger partial charge on any atom is -0.466 e. The van der Waals surface area contributed by atoms with Crippen molar-refractivity contribution in [1.29, 1.82) is 0 Å². The highest BCUT2D eigenvalue weighted by Gasteiger charge is 2.26. The highest BCUT2D eigenvalue weighted by Crippen LogP contribution is 2.21. The van der Waals surface area contributed by atoms with Gasteiger partial charge in [-0.3, -0.25) is 4.98 Å². The first kappa shape index (κ1) is 16.7. The summed E-state index contributed by atoms with van der Waals surface area (Å²) in [6, 6.07) is 2.66. The molecule has 1 heterocycles. The van der Waals surface area contributed by atoms with Gasteiger partial charge in [0.25, 0.3) is 0 Å². The number of amides is 1. The van der Waals surface area contributed by atoms with Gasteiger partial charge in [0.2, 0.25) is 0 Å². The van der Waals surface area contributed by atoms with Crippen LogP contribution in [0.2, 0.25) is 0 Å². The van der Waals surface area contributed by atoms with Crippen molar-refractivity contribution in [2.45, 2.75) is 32.4 Å². The van der Waals surface area contributed by atoms with E-state index in [9.17, 15) is 9.59 Å². The van der Waals surface area contributed by atoms with Crippen molar-refractivity contribution >= 4 is 12.1 Å². The quantitative estimate of drug-likeness (QED) is 0.681. The SMILES string of the molecule is C=C(C(=O)OC)C(NC(=O)OC(C)(C)C)c1cccnc1. The Morgan fingerprint density at radius 2 is 2.05 bits per heavy atom. The molecule has 0 saturated heterocycles. The van der Waals surface area contributed by atoms with E-state index in [0.717, 1.165) is 0 Å². The molecule has 6 nitrogen and oxygen atoms in total. The Bertz CT molecular complexity index is 520. The van der Waals surface area contributed by atoms with Gasteiger partial charge >= 0.3 is 12.1 Å². The highest BCUT2D eigenvalue weighted by molar-refractivity contribution is 5.90. The minimum atomic E-state index is -0.763. The van der Waals surface area contributed by atoms with Crippen molar-refractivity contribution in [2.75, 3.05) is 7.11 Å². The maximum absolute atomic E-state index is 11.9. The molecule has 1 N–H and O–H groups in total. The molecule has 0 aliphatic rings. The first-order valence-corrected chi connectivity index (χ1v) is 6.41. The Hall–Kier alpha value is -2.37. The summed E-state index contributed by atoms with van der Waals surface area (Å²) >= 11 is 0.